The maximum atomic E-state index is 4.45. The SMILES string of the molecule is CNCCc1ncc(-c2ccccc2C)s1. The van der Waals surface area contributed by atoms with Crippen molar-refractivity contribution in [3.63, 3.8) is 0 Å². The molecule has 0 aliphatic rings. The number of hydrogen-bond donors (Lipinski definition) is 1. The van der Waals surface area contributed by atoms with Gasteiger partial charge in [-0.3, -0.25) is 0 Å². The van der Waals surface area contributed by atoms with Crippen molar-refractivity contribution in [2.45, 2.75) is 13.3 Å². The Labute approximate surface area is 100 Å². The van der Waals surface area contributed by atoms with Crippen LogP contribution in [0.2, 0.25) is 0 Å². The molecule has 1 heterocycles. The third kappa shape index (κ3) is 2.49. The fourth-order valence-corrected chi connectivity index (χ4v) is 2.64. The fourth-order valence-electron chi connectivity index (χ4n) is 1.63. The second-order valence-corrected chi connectivity index (χ2v) is 4.90. The lowest BCUT2D eigenvalue weighted by atomic mass is 10.1. The standard InChI is InChI=1S/C13H16N2S/c1-10-5-3-4-6-11(10)12-9-15-13(16-12)7-8-14-2/h3-6,9,14H,7-8H2,1-2H3. The van der Waals surface area contributed by atoms with E-state index in [0.29, 0.717) is 0 Å². The highest BCUT2D eigenvalue weighted by atomic mass is 32.1. The van der Waals surface area contributed by atoms with Gasteiger partial charge in [0.15, 0.2) is 0 Å². The molecule has 0 spiro atoms. The molecular formula is C13H16N2S. The molecule has 0 bridgehead atoms. The number of likely N-dealkylation sites (N-methyl/N-ethyl adjacent to an activating group) is 1. The zero-order chi connectivity index (χ0) is 11.4. The van der Waals surface area contributed by atoms with Crippen molar-refractivity contribution in [1.82, 2.24) is 10.3 Å². The van der Waals surface area contributed by atoms with Gasteiger partial charge in [0.25, 0.3) is 0 Å². The number of thiazole rings is 1. The first-order chi connectivity index (χ1) is 7.81. The van der Waals surface area contributed by atoms with Crippen LogP contribution in [-0.4, -0.2) is 18.6 Å². The maximum absolute atomic E-state index is 4.45. The molecule has 16 heavy (non-hydrogen) atoms. The van der Waals surface area contributed by atoms with Crippen molar-refractivity contribution in [3.05, 3.63) is 41.0 Å². The van der Waals surface area contributed by atoms with Crippen LogP contribution in [0, 0.1) is 6.92 Å². The zero-order valence-electron chi connectivity index (χ0n) is 9.66. The minimum Gasteiger partial charge on any atom is -0.319 e. The van der Waals surface area contributed by atoms with Gasteiger partial charge in [-0.15, -0.1) is 11.3 Å². The van der Waals surface area contributed by atoms with E-state index < -0.39 is 0 Å². The zero-order valence-corrected chi connectivity index (χ0v) is 10.5. The molecule has 0 unspecified atom stereocenters. The predicted octanol–water partition coefficient (Wildman–Crippen LogP) is 2.88. The monoisotopic (exact) mass is 232 g/mol. The fraction of sp³-hybridized carbons (Fsp3) is 0.308. The van der Waals surface area contributed by atoms with Gasteiger partial charge in [-0.25, -0.2) is 4.98 Å². The molecule has 1 N–H and O–H groups in total. The maximum Gasteiger partial charge on any atom is 0.0943 e. The molecule has 3 heteroatoms. The van der Waals surface area contributed by atoms with Crippen LogP contribution in [0.4, 0.5) is 0 Å². The number of benzene rings is 1. The van der Waals surface area contributed by atoms with Crippen LogP contribution < -0.4 is 5.32 Å². The van der Waals surface area contributed by atoms with Crippen LogP contribution in [0.5, 0.6) is 0 Å². The van der Waals surface area contributed by atoms with Crippen molar-refractivity contribution >= 4 is 11.3 Å². The minimum atomic E-state index is 0.987. The van der Waals surface area contributed by atoms with Crippen LogP contribution in [0.1, 0.15) is 10.6 Å². The summed E-state index contributed by atoms with van der Waals surface area (Å²) in [6.07, 6.45) is 2.99. The van der Waals surface area contributed by atoms with Crippen LogP contribution >= 0.6 is 11.3 Å². The summed E-state index contributed by atoms with van der Waals surface area (Å²) in [4.78, 5) is 5.72. The summed E-state index contributed by atoms with van der Waals surface area (Å²) in [5, 5.41) is 4.34. The molecule has 0 radical (unpaired) electrons. The first-order valence-electron chi connectivity index (χ1n) is 5.46. The number of aromatic nitrogens is 1. The van der Waals surface area contributed by atoms with Gasteiger partial charge < -0.3 is 5.32 Å². The van der Waals surface area contributed by atoms with Gasteiger partial charge in [0.1, 0.15) is 0 Å². The van der Waals surface area contributed by atoms with Crippen LogP contribution in [0.15, 0.2) is 30.5 Å². The van der Waals surface area contributed by atoms with E-state index in [4.69, 9.17) is 0 Å². The average Bonchev–Trinajstić information content (AvgIpc) is 2.75. The van der Waals surface area contributed by atoms with Gasteiger partial charge in [-0.1, -0.05) is 24.3 Å². The molecule has 2 rings (SSSR count). The quantitative estimate of drug-likeness (QED) is 0.876. The first kappa shape index (κ1) is 11.3. The first-order valence-corrected chi connectivity index (χ1v) is 6.28. The molecule has 2 nitrogen and oxygen atoms in total. The van der Waals surface area contributed by atoms with E-state index in [0.717, 1.165) is 13.0 Å². The summed E-state index contributed by atoms with van der Waals surface area (Å²) >= 11 is 1.79. The molecule has 0 fully saturated rings. The summed E-state index contributed by atoms with van der Waals surface area (Å²) in [6.45, 7) is 3.13. The number of hydrogen-bond acceptors (Lipinski definition) is 3. The van der Waals surface area contributed by atoms with Crippen molar-refractivity contribution in [1.29, 1.82) is 0 Å². The van der Waals surface area contributed by atoms with E-state index in [1.807, 2.05) is 13.2 Å². The average molecular weight is 232 g/mol. The number of nitrogens with zero attached hydrogens (tertiary/aromatic N) is 1. The Morgan fingerprint density at radius 3 is 2.88 bits per heavy atom. The Kier molecular flexibility index (Phi) is 3.70. The van der Waals surface area contributed by atoms with Crippen molar-refractivity contribution in [2.75, 3.05) is 13.6 Å². The highest BCUT2D eigenvalue weighted by molar-refractivity contribution is 7.15. The highest BCUT2D eigenvalue weighted by Crippen LogP contribution is 2.28. The number of rotatable bonds is 4. The molecule has 1 aromatic carbocycles. The predicted molar refractivity (Wildman–Crippen MR) is 69.9 cm³/mol. The van der Waals surface area contributed by atoms with Gasteiger partial charge in [-0.05, 0) is 25.1 Å². The lowest BCUT2D eigenvalue weighted by Gasteiger charge is -2.00. The summed E-state index contributed by atoms with van der Waals surface area (Å²) in [5.74, 6) is 0. The Hall–Kier alpha value is -1.19. The minimum absolute atomic E-state index is 0.987. The Balaban J connectivity index is 2.22. The molecule has 0 aliphatic heterocycles. The van der Waals surface area contributed by atoms with Crippen molar-refractivity contribution in [3.8, 4) is 10.4 Å². The molecule has 0 saturated heterocycles. The van der Waals surface area contributed by atoms with Crippen LogP contribution in [-0.2, 0) is 6.42 Å². The molecule has 0 aliphatic carbocycles. The lowest BCUT2D eigenvalue weighted by molar-refractivity contribution is 0.787. The van der Waals surface area contributed by atoms with Gasteiger partial charge in [-0.2, -0.15) is 0 Å². The van der Waals surface area contributed by atoms with E-state index in [2.05, 4.69) is 41.5 Å². The van der Waals surface area contributed by atoms with Gasteiger partial charge >= 0.3 is 0 Å². The Morgan fingerprint density at radius 2 is 2.12 bits per heavy atom. The summed E-state index contributed by atoms with van der Waals surface area (Å²) in [7, 11) is 1.97. The van der Waals surface area contributed by atoms with E-state index in [1.54, 1.807) is 11.3 Å². The smallest absolute Gasteiger partial charge is 0.0943 e. The molecule has 0 atom stereocenters. The third-order valence-corrected chi connectivity index (χ3v) is 3.64. The largest absolute Gasteiger partial charge is 0.319 e. The number of nitrogens with one attached hydrogen (secondary N) is 1. The molecule has 2 aromatic rings. The summed E-state index contributed by atoms with van der Waals surface area (Å²) < 4.78 is 0. The Morgan fingerprint density at radius 1 is 1.31 bits per heavy atom. The van der Waals surface area contributed by atoms with E-state index >= 15 is 0 Å². The lowest BCUT2D eigenvalue weighted by Crippen LogP contribution is -2.09. The van der Waals surface area contributed by atoms with Gasteiger partial charge in [0.2, 0.25) is 0 Å². The molecular weight excluding hydrogens is 216 g/mol. The molecule has 0 saturated carbocycles. The molecule has 84 valence electrons. The van der Waals surface area contributed by atoms with E-state index in [9.17, 15) is 0 Å². The summed E-state index contributed by atoms with van der Waals surface area (Å²) in [6, 6.07) is 8.45. The second-order valence-electron chi connectivity index (χ2n) is 3.79. The van der Waals surface area contributed by atoms with Gasteiger partial charge in [0, 0.05) is 19.2 Å². The van der Waals surface area contributed by atoms with E-state index in [-0.39, 0.29) is 0 Å². The second kappa shape index (κ2) is 5.23. The van der Waals surface area contributed by atoms with E-state index in [1.165, 1.54) is 21.0 Å². The van der Waals surface area contributed by atoms with Crippen LogP contribution in [0.25, 0.3) is 10.4 Å². The Bertz CT molecular complexity index is 462. The molecule has 0 amide bonds. The highest BCUT2D eigenvalue weighted by Gasteiger charge is 2.05. The number of aryl methyl sites for hydroxylation is 1. The van der Waals surface area contributed by atoms with Crippen molar-refractivity contribution in [2.24, 2.45) is 0 Å². The third-order valence-electron chi connectivity index (χ3n) is 2.55. The topological polar surface area (TPSA) is 24.9 Å². The summed E-state index contributed by atoms with van der Waals surface area (Å²) in [5.41, 5.74) is 2.61. The van der Waals surface area contributed by atoms with Crippen molar-refractivity contribution < 1.29 is 0 Å². The molecule has 1 aromatic heterocycles. The van der Waals surface area contributed by atoms with Crippen LogP contribution in [0.3, 0.4) is 0 Å². The normalized spacial score (nSPS) is 10.6. The van der Waals surface area contributed by atoms with Gasteiger partial charge in [0.05, 0.1) is 9.88 Å².